The number of hydrogen-bond donors (Lipinski definition) is 2. The Hall–Kier alpha value is -3.22. The molecular formula is C24H23Cl2N3O3. The molecule has 0 unspecified atom stereocenters. The predicted octanol–water partition coefficient (Wildman–Crippen LogP) is 6.44. The third kappa shape index (κ3) is 6.64. The zero-order valence-corrected chi connectivity index (χ0v) is 19.2. The van der Waals surface area contributed by atoms with Crippen LogP contribution in [0.25, 0.3) is 0 Å². The number of ether oxygens (including phenoxy) is 2. The summed E-state index contributed by atoms with van der Waals surface area (Å²) in [6.07, 6.45) is 1.53. The molecule has 3 aromatic carbocycles. The third-order valence-electron chi connectivity index (χ3n) is 4.44. The van der Waals surface area contributed by atoms with Crippen LogP contribution in [0.2, 0.25) is 10.0 Å². The zero-order valence-electron chi connectivity index (χ0n) is 17.7. The molecule has 0 fully saturated rings. The Bertz CT molecular complexity index is 1120. The summed E-state index contributed by atoms with van der Waals surface area (Å²) in [5, 5.41) is 7.85. The van der Waals surface area contributed by atoms with E-state index >= 15 is 0 Å². The van der Waals surface area contributed by atoms with Gasteiger partial charge in [0, 0.05) is 21.3 Å². The minimum Gasteiger partial charge on any atom is -0.490 e. The predicted molar refractivity (Wildman–Crippen MR) is 129 cm³/mol. The second kappa shape index (κ2) is 11.4. The van der Waals surface area contributed by atoms with E-state index in [1.807, 2.05) is 50.2 Å². The van der Waals surface area contributed by atoms with Crippen molar-refractivity contribution in [2.75, 3.05) is 11.9 Å². The first-order valence-corrected chi connectivity index (χ1v) is 10.7. The molecule has 0 heterocycles. The van der Waals surface area contributed by atoms with Crippen molar-refractivity contribution in [2.24, 2.45) is 5.10 Å². The number of halogens is 2. The maximum atomic E-state index is 12.0. The van der Waals surface area contributed by atoms with Gasteiger partial charge in [-0.2, -0.15) is 5.10 Å². The number of hydrogen-bond acceptors (Lipinski definition) is 4. The number of nitrogens with one attached hydrogen (secondary N) is 2. The lowest BCUT2D eigenvalue weighted by Crippen LogP contribution is -2.24. The van der Waals surface area contributed by atoms with E-state index in [-0.39, 0.29) is 6.61 Å². The van der Waals surface area contributed by atoms with Crippen LogP contribution in [0.5, 0.6) is 11.5 Å². The Morgan fingerprint density at radius 1 is 1.03 bits per heavy atom. The summed E-state index contributed by atoms with van der Waals surface area (Å²) in [7, 11) is 0. The fourth-order valence-corrected chi connectivity index (χ4v) is 3.28. The first kappa shape index (κ1) is 23.4. The molecule has 6 nitrogen and oxygen atoms in total. The van der Waals surface area contributed by atoms with Crippen LogP contribution in [0, 0.1) is 6.92 Å². The van der Waals surface area contributed by atoms with Gasteiger partial charge >= 0.3 is 6.03 Å². The molecule has 8 heteroatoms. The molecule has 3 aromatic rings. The first-order valence-electron chi connectivity index (χ1n) is 9.95. The number of aryl methyl sites for hydroxylation is 1. The van der Waals surface area contributed by atoms with Crippen LogP contribution in [0.1, 0.15) is 23.6 Å². The van der Waals surface area contributed by atoms with Crippen molar-refractivity contribution in [2.45, 2.75) is 20.5 Å². The second-order valence-corrected chi connectivity index (χ2v) is 7.65. The maximum absolute atomic E-state index is 12.0. The minimum atomic E-state index is -0.430. The number of amides is 2. The van der Waals surface area contributed by atoms with E-state index in [1.54, 1.807) is 24.3 Å². The quantitative estimate of drug-likeness (QED) is 0.293. The summed E-state index contributed by atoms with van der Waals surface area (Å²) in [5.74, 6) is 1.13. The van der Waals surface area contributed by atoms with Crippen molar-refractivity contribution in [3.63, 3.8) is 0 Å². The number of hydrazone groups is 1. The van der Waals surface area contributed by atoms with E-state index < -0.39 is 6.03 Å². The number of para-hydroxylation sites is 1. The van der Waals surface area contributed by atoms with Crippen molar-refractivity contribution in [1.29, 1.82) is 0 Å². The molecule has 2 amide bonds. The van der Waals surface area contributed by atoms with Gasteiger partial charge in [-0.25, -0.2) is 10.2 Å². The van der Waals surface area contributed by atoms with E-state index in [4.69, 9.17) is 32.7 Å². The average molecular weight is 472 g/mol. The van der Waals surface area contributed by atoms with Crippen molar-refractivity contribution in [1.82, 2.24) is 5.43 Å². The van der Waals surface area contributed by atoms with Gasteiger partial charge in [-0.1, -0.05) is 47.5 Å². The summed E-state index contributed by atoms with van der Waals surface area (Å²) >= 11 is 12.2. The Morgan fingerprint density at radius 2 is 1.84 bits per heavy atom. The Kier molecular flexibility index (Phi) is 8.36. The van der Waals surface area contributed by atoms with E-state index in [1.165, 1.54) is 6.21 Å². The number of urea groups is 1. The molecule has 0 saturated carbocycles. The van der Waals surface area contributed by atoms with Gasteiger partial charge in [0.05, 0.1) is 12.8 Å². The van der Waals surface area contributed by atoms with Gasteiger partial charge in [0.2, 0.25) is 0 Å². The highest BCUT2D eigenvalue weighted by molar-refractivity contribution is 6.35. The highest BCUT2D eigenvalue weighted by atomic mass is 35.5. The van der Waals surface area contributed by atoms with Gasteiger partial charge in [-0.05, 0) is 61.4 Å². The largest absolute Gasteiger partial charge is 0.490 e. The lowest BCUT2D eigenvalue weighted by molar-refractivity contribution is 0.252. The van der Waals surface area contributed by atoms with Gasteiger partial charge in [-0.3, -0.25) is 0 Å². The molecule has 0 aliphatic heterocycles. The van der Waals surface area contributed by atoms with E-state index in [0.717, 1.165) is 22.4 Å². The van der Waals surface area contributed by atoms with Crippen molar-refractivity contribution in [3.05, 3.63) is 87.4 Å². The van der Waals surface area contributed by atoms with Crippen molar-refractivity contribution < 1.29 is 14.3 Å². The van der Waals surface area contributed by atoms with Crippen molar-refractivity contribution >= 4 is 41.1 Å². The molecule has 166 valence electrons. The summed E-state index contributed by atoms with van der Waals surface area (Å²) < 4.78 is 11.6. The SMILES string of the molecule is CCOc1cc(C=NNC(=O)Nc2ccccc2C)ccc1OCc1ccc(Cl)cc1Cl. The molecule has 32 heavy (non-hydrogen) atoms. The van der Waals surface area contributed by atoms with Gasteiger partial charge in [-0.15, -0.1) is 0 Å². The molecule has 0 aromatic heterocycles. The highest BCUT2D eigenvalue weighted by Crippen LogP contribution is 2.30. The molecule has 0 atom stereocenters. The maximum Gasteiger partial charge on any atom is 0.339 e. The van der Waals surface area contributed by atoms with Crippen LogP contribution in [-0.2, 0) is 6.61 Å². The molecule has 3 rings (SSSR count). The Morgan fingerprint density at radius 3 is 2.59 bits per heavy atom. The molecule has 0 aliphatic carbocycles. The van der Waals surface area contributed by atoms with Gasteiger partial charge < -0.3 is 14.8 Å². The lowest BCUT2D eigenvalue weighted by atomic mass is 10.2. The third-order valence-corrected chi connectivity index (χ3v) is 5.03. The summed E-state index contributed by atoms with van der Waals surface area (Å²) in [5.41, 5.74) is 5.69. The van der Waals surface area contributed by atoms with Gasteiger partial charge in [0.25, 0.3) is 0 Å². The summed E-state index contributed by atoms with van der Waals surface area (Å²) in [4.78, 5) is 12.0. The molecule has 0 bridgehead atoms. The fraction of sp³-hybridized carbons (Fsp3) is 0.167. The number of carbonyl (C=O) groups is 1. The molecule has 0 aliphatic rings. The normalized spacial score (nSPS) is 10.8. The standard InChI is InChI=1S/C24H23Cl2N3O3/c1-3-31-23-12-17(14-27-29-24(30)28-21-7-5-4-6-16(21)2)8-11-22(23)32-15-18-9-10-19(25)13-20(18)26/h4-14H,3,15H2,1-2H3,(H2,28,29,30). The molecule has 0 spiro atoms. The summed E-state index contributed by atoms with van der Waals surface area (Å²) in [6, 6.07) is 17.7. The Labute approximate surface area is 197 Å². The fourth-order valence-electron chi connectivity index (χ4n) is 2.82. The average Bonchev–Trinajstić information content (AvgIpc) is 2.76. The molecular weight excluding hydrogens is 449 g/mol. The number of nitrogens with zero attached hydrogens (tertiary/aromatic N) is 1. The van der Waals surface area contributed by atoms with Crippen LogP contribution in [0.3, 0.4) is 0 Å². The van der Waals surface area contributed by atoms with E-state index in [9.17, 15) is 4.79 Å². The topological polar surface area (TPSA) is 72.0 Å². The molecule has 2 N–H and O–H groups in total. The van der Waals surface area contributed by atoms with Gasteiger partial charge in [0.15, 0.2) is 11.5 Å². The van der Waals surface area contributed by atoms with Gasteiger partial charge in [0.1, 0.15) is 6.61 Å². The monoisotopic (exact) mass is 471 g/mol. The minimum absolute atomic E-state index is 0.268. The van der Waals surface area contributed by atoms with E-state index in [2.05, 4.69) is 15.8 Å². The van der Waals surface area contributed by atoms with E-state index in [0.29, 0.717) is 28.2 Å². The number of carbonyl (C=O) groups excluding carboxylic acids is 1. The van der Waals surface area contributed by atoms with Crippen LogP contribution >= 0.6 is 23.2 Å². The number of anilines is 1. The van der Waals surface area contributed by atoms with Crippen LogP contribution in [0.15, 0.2) is 65.8 Å². The first-order chi connectivity index (χ1) is 15.5. The number of benzene rings is 3. The number of rotatable bonds is 8. The molecule has 0 saturated heterocycles. The zero-order chi connectivity index (χ0) is 22.9. The van der Waals surface area contributed by atoms with Crippen LogP contribution in [-0.4, -0.2) is 18.9 Å². The second-order valence-electron chi connectivity index (χ2n) is 6.80. The van der Waals surface area contributed by atoms with Crippen LogP contribution in [0.4, 0.5) is 10.5 Å². The smallest absolute Gasteiger partial charge is 0.339 e. The Balaban J connectivity index is 1.63. The highest BCUT2D eigenvalue weighted by Gasteiger charge is 2.09. The van der Waals surface area contributed by atoms with Crippen molar-refractivity contribution in [3.8, 4) is 11.5 Å². The van der Waals surface area contributed by atoms with Crippen LogP contribution < -0.4 is 20.2 Å². The molecule has 0 radical (unpaired) electrons. The summed E-state index contributed by atoms with van der Waals surface area (Å²) in [6.45, 7) is 4.54. The lowest BCUT2D eigenvalue weighted by Gasteiger charge is -2.13.